The first-order chi connectivity index (χ1) is 11.9. The van der Waals surface area contributed by atoms with E-state index in [0.717, 1.165) is 11.0 Å². The number of halogens is 1. The van der Waals surface area contributed by atoms with Crippen molar-refractivity contribution in [2.75, 3.05) is 0 Å². The van der Waals surface area contributed by atoms with E-state index in [1.54, 1.807) is 26.0 Å². The Hall–Kier alpha value is -2.32. The van der Waals surface area contributed by atoms with Gasteiger partial charge in [0.1, 0.15) is 5.82 Å². The number of thioether (sulfide) groups is 1. The Kier molecular flexibility index (Phi) is 5.10. The molecule has 25 heavy (non-hydrogen) atoms. The van der Waals surface area contributed by atoms with Gasteiger partial charge in [0, 0.05) is 16.8 Å². The maximum atomic E-state index is 12.2. The van der Waals surface area contributed by atoms with Crippen molar-refractivity contribution < 1.29 is 4.79 Å². The minimum atomic E-state index is -0.413. The Labute approximate surface area is 152 Å². The normalized spacial score (nSPS) is 12.3. The summed E-state index contributed by atoms with van der Waals surface area (Å²) in [5, 5.41) is 3.45. The summed E-state index contributed by atoms with van der Waals surface area (Å²) in [6.45, 7) is 3.76. The molecule has 2 heterocycles. The highest BCUT2D eigenvalue weighted by atomic mass is 35.5. The fourth-order valence-corrected chi connectivity index (χ4v) is 3.31. The van der Waals surface area contributed by atoms with Crippen molar-refractivity contribution in [3.63, 3.8) is 0 Å². The molecule has 1 atom stereocenters. The molecule has 0 aliphatic carbocycles. The van der Waals surface area contributed by atoms with Gasteiger partial charge in [0.15, 0.2) is 5.16 Å². The molecule has 0 aliphatic rings. The van der Waals surface area contributed by atoms with Gasteiger partial charge in [0.25, 0.3) is 5.56 Å². The Morgan fingerprint density at radius 3 is 2.88 bits per heavy atom. The number of carbonyl (C=O) groups is 1. The van der Waals surface area contributed by atoms with Gasteiger partial charge in [-0.05, 0) is 32.0 Å². The fraction of sp³-hybridized carbons (Fsp3) is 0.250. The van der Waals surface area contributed by atoms with Crippen LogP contribution in [0.25, 0.3) is 11.0 Å². The molecule has 0 saturated heterocycles. The molecule has 9 heteroatoms. The average Bonchev–Trinajstić information content (AvgIpc) is 2.93. The van der Waals surface area contributed by atoms with Crippen LogP contribution in [0.2, 0.25) is 5.02 Å². The van der Waals surface area contributed by atoms with Crippen LogP contribution in [-0.4, -0.2) is 31.1 Å². The maximum Gasteiger partial charge on any atom is 0.251 e. The van der Waals surface area contributed by atoms with Gasteiger partial charge in [-0.15, -0.1) is 0 Å². The summed E-state index contributed by atoms with van der Waals surface area (Å²) in [7, 11) is 0. The molecule has 0 spiro atoms. The molecule has 2 aromatic heterocycles. The van der Waals surface area contributed by atoms with Crippen LogP contribution in [0.5, 0.6) is 0 Å². The number of nitrogens with one attached hydrogen (secondary N) is 3. The predicted molar refractivity (Wildman–Crippen MR) is 97.9 cm³/mol. The van der Waals surface area contributed by atoms with E-state index in [1.165, 1.54) is 17.8 Å². The van der Waals surface area contributed by atoms with E-state index in [2.05, 4.69) is 25.3 Å². The lowest BCUT2D eigenvalue weighted by molar-refractivity contribution is -0.120. The van der Waals surface area contributed by atoms with E-state index in [-0.39, 0.29) is 18.0 Å². The lowest BCUT2D eigenvalue weighted by atomic mass is 10.3. The van der Waals surface area contributed by atoms with Crippen LogP contribution in [0.4, 0.5) is 0 Å². The number of fused-ring (bicyclic) bond motifs is 1. The van der Waals surface area contributed by atoms with Gasteiger partial charge in [-0.3, -0.25) is 9.59 Å². The topological polar surface area (TPSA) is 104 Å². The molecule has 0 fully saturated rings. The summed E-state index contributed by atoms with van der Waals surface area (Å²) in [5.41, 5.74) is 1.99. The summed E-state index contributed by atoms with van der Waals surface area (Å²) in [6.07, 6.45) is 0. The van der Waals surface area contributed by atoms with Gasteiger partial charge in [-0.1, -0.05) is 23.4 Å². The zero-order valence-electron chi connectivity index (χ0n) is 13.6. The second-order valence-electron chi connectivity index (χ2n) is 5.51. The smallest absolute Gasteiger partial charge is 0.251 e. The molecule has 1 amide bonds. The second-order valence-corrected chi connectivity index (χ2v) is 7.28. The lowest BCUT2D eigenvalue weighted by Crippen LogP contribution is -2.31. The quantitative estimate of drug-likeness (QED) is 0.468. The Morgan fingerprint density at radius 1 is 1.32 bits per heavy atom. The largest absolute Gasteiger partial charge is 0.348 e. The predicted octanol–water partition coefficient (Wildman–Crippen LogP) is 2.41. The fourth-order valence-electron chi connectivity index (χ4n) is 2.26. The monoisotopic (exact) mass is 377 g/mol. The molecule has 0 bridgehead atoms. The molecule has 0 aliphatic heterocycles. The van der Waals surface area contributed by atoms with Crippen molar-refractivity contribution >= 4 is 40.3 Å². The molecule has 0 radical (unpaired) electrons. The zero-order valence-corrected chi connectivity index (χ0v) is 15.2. The number of H-pyrrole nitrogens is 2. The van der Waals surface area contributed by atoms with Crippen LogP contribution < -0.4 is 10.9 Å². The third kappa shape index (κ3) is 4.40. The molecular formula is C16H16ClN5O2S. The van der Waals surface area contributed by atoms with E-state index in [1.807, 2.05) is 6.07 Å². The van der Waals surface area contributed by atoms with Crippen LogP contribution in [0.1, 0.15) is 18.4 Å². The second kappa shape index (κ2) is 7.28. The van der Waals surface area contributed by atoms with E-state index < -0.39 is 5.25 Å². The Morgan fingerprint density at radius 2 is 2.12 bits per heavy atom. The Bertz CT molecular complexity index is 984. The number of nitrogens with zero attached hydrogens (tertiary/aromatic N) is 2. The lowest BCUT2D eigenvalue weighted by Gasteiger charge is -2.10. The SMILES string of the molecule is Cc1cc(=O)[nH]c(SC(C)C(=O)NCc2nc3ccc(Cl)cc3[nH]2)n1. The third-order valence-electron chi connectivity index (χ3n) is 3.43. The van der Waals surface area contributed by atoms with Crippen LogP contribution in [0.3, 0.4) is 0 Å². The molecule has 3 N–H and O–H groups in total. The van der Waals surface area contributed by atoms with Crippen LogP contribution in [-0.2, 0) is 11.3 Å². The third-order valence-corrected chi connectivity index (χ3v) is 4.65. The van der Waals surface area contributed by atoms with E-state index >= 15 is 0 Å². The number of amides is 1. The maximum absolute atomic E-state index is 12.2. The van der Waals surface area contributed by atoms with Crippen molar-refractivity contribution in [2.24, 2.45) is 0 Å². The first-order valence-corrected chi connectivity index (χ1v) is 8.83. The standard InChI is InChI=1S/C16H16ClN5O2S/c1-8-5-14(23)22-16(19-8)25-9(2)15(24)18-7-13-20-11-4-3-10(17)6-12(11)21-13/h3-6,9H,7H2,1-2H3,(H,18,24)(H,20,21)(H,19,22,23). The van der Waals surface area contributed by atoms with Crippen LogP contribution in [0.15, 0.2) is 34.2 Å². The van der Waals surface area contributed by atoms with Gasteiger partial charge >= 0.3 is 0 Å². The van der Waals surface area contributed by atoms with Gasteiger partial charge in [0.2, 0.25) is 5.91 Å². The molecular weight excluding hydrogens is 362 g/mol. The van der Waals surface area contributed by atoms with Crippen molar-refractivity contribution in [2.45, 2.75) is 30.8 Å². The Balaban J connectivity index is 1.61. The number of aromatic amines is 2. The van der Waals surface area contributed by atoms with Crippen molar-refractivity contribution in [1.29, 1.82) is 0 Å². The van der Waals surface area contributed by atoms with Gasteiger partial charge in [-0.25, -0.2) is 9.97 Å². The molecule has 3 rings (SSSR count). The number of imidazole rings is 1. The minimum absolute atomic E-state index is 0.173. The first kappa shape index (κ1) is 17.5. The molecule has 7 nitrogen and oxygen atoms in total. The minimum Gasteiger partial charge on any atom is -0.348 e. The number of benzene rings is 1. The van der Waals surface area contributed by atoms with E-state index in [9.17, 15) is 9.59 Å². The number of hydrogen-bond acceptors (Lipinski definition) is 5. The molecule has 0 saturated carbocycles. The summed E-state index contributed by atoms with van der Waals surface area (Å²) in [6, 6.07) is 6.77. The summed E-state index contributed by atoms with van der Waals surface area (Å²) in [4.78, 5) is 38.0. The van der Waals surface area contributed by atoms with Crippen molar-refractivity contribution in [3.05, 3.63) is 51.2 Å². The summed E-state index contributed by atoms with van der Waals surface area (Å²) < 4.78 is 0. The van der Waals surface area contributed by atoms with Crippen LogP contribution >= 0.6 is 23.4 Å². The molecule has 3 aromatic rings. The van der Waals surface area contributed by atoms with E-state index in [4.69, 9.17) is 11.6 Å². The number of aryl methyl sites for hydroxylation is 1. The summed E-state index contributed by atoms with van der Waals surface area (Å²) >= 11 is 7.14. The van der Waals surface area contributed by atoms with E-state index in [0.29, 0.717) is 21.7 Å². The highest BCUT2D eigenvalue weighted by Gasteiger charge is 2.16. The zero-order chi connectivity index (χ0) is 18.0. The first-order valence-electron chi connectivity index (χ1n) is 7.57. The highest BCUT2D eigenvalue weighted by Crippen LogP contribution is 2.19. The average molecular weight is 378 g/mol. The molecule has 1 unspecified atom stereocenters. The number of carbonyl (C=O) groups excluding carboxylic acids is 1. The van der Waals surface area contributed by atoms with Crippen molar-refractivity contribution in [3.8, 4) is 0 Å². The van der Waals surface area contributed by atoms with Gasteiger partial charge < -0.3 is 15.3 Å². The number of aromatic nitrogens is 4. The molecule has 1 aromatic carbocycles. The van der Waals surface area contributed by atoms with Gasteiger partial charge in [-0.2, -0.15) is 0 Å². The summed E-state index contributed by atoms with van der Waals surface area (Å²) in [5.74, 6) is 0.470. The van der Waals surface area contributed by atoms with Crippen LogP contribution in [0, 0.1) is 6.92 Å². The van der Waals surface area contributed by atoms with Crippen molar-refractivity contribution in [1.82, 2.24) is 25.3 Å². The number of hydrogen-bond donors (Lipinski definition) is 3. The van der Waals surface area contributed by atoms with Gasteiger partial charge in [0.05, 0.1) is 22.8 Å². The highest BCUT2D eigenvalue weighted by molar-refractivity contribution is 8.00. The molecule has 130 valence electrons. The number of rotatable bonds is 5.